The van der Waals surface area contributed by atoms with Crippen LogP contribution in [0.2, 0.25) is 0 Å². The molecular weight excluding hydrogens is 148 g/mol. The summed E-state index contributed by atoms with van der Waals surface area (Å²) in [6, 6.07) is 0. The number of hydrogen-bond donors (Lipinski definition) is 3. The van der Waals surface area contributed by atoms with Gasteiger partial charge in [-0.2, -0.15) is 0 Å². The lowest BCUT2D eigenvalue weighted by molar-refractivity contribution is -0.154. The van der Waals surface area contributed by atoms with Crippen LogP contribution in [-0.2, 0) is 4.79 Å². The van der Waals surface area contributed by atoms with Crippen molar-refractivity contribution >= 4 is 5.97 Å². The molecule has 64 valence electrons. The molecule has 0 heterocycles. The van der Waals surface area contributed by atoms with Crippen molar-refractivity contribution in [1.82, 2.24) is 0 Å². The Balaban J connectivity index is 2.45. The van der Waals surface area contributed by atoms with Crippen molar-refractivity contribution in [2.24, 2.45) is 17.8 Å². The molecule has 4 nitrogen and oxygen atoms in total. The second-order valence-corrected chi connectivity index (χ2v) is 2.97. The van der Waals surface area contributed by atoms with Gasteiger partial charge >= 0.3 is 5.97 Å². The third kappa shape index (κ3) is 1.36. The maximum absolute atomic E-state index is 10.4. The lowest BCUT2D eigenvalue weighted by Gasteiger charge is -2.40. The standard InChI is InChI=1S/C7H12O4/c8-2-4-1-5(7(10)11)6(4)3-9/h4-6,8-9H,1-3H2,(H,10,11). The second-order valence-electron chi connectivity index (χ2n) is 2.97. The molecule has 1 aliphatic rings. The van der Waals surface area contributed by atoms with Crippen LogP contribution in [0.1, 0.15) is 6.42 Å². The van der Waals surface area contributed by atoms with Crippen molar-refractivity contribution in [3.63, 3.8) is 0 Å². The first-order chi connectivity index (χ1) is 5.20. The van der Waals surface area contributed by atoms with E-state index in [9.17, 15) is 4.79 Å². The predicted molar refractivity (Wildman–Crippen MR) is 36.9 cm³/mol. The van der Waals surface area contributed by atoms with Gasteiger partial charge in [-0.1, -0.05) is 0 Å². The van der Waals surface area contributed by atoms with E-state index < -0.39 is 11.9 Å². The zero-order valence-corrected chi connectivity index (χ0v) is 6.10. The third-order valence-corrected chi connectivity index (χ3v) is 2.44. The fraction of sp³-hybridized carbons (Fsp3) is 0.857. The summed E-state index contributed by atoms with van der Waals surface area (Å²) in [6.07, 6.45) is 0.497. The van der Waals surface area contributed by atoms with Crippen molar-refractivity contribution in [3.05, 3.63) is 0 Å². The van der Waals surface area contributed by atoms with E-state index in [4.69, 9.17) is 15.3 Å². The first-order valence-electron chi connectivity index (χ1n) is 3.65. The summed E-state index contributed by atoms with van der Waals surface area (Å²) in [6.45, 7) is -0.156. The SMILES string of the molecule is O=C(O)C1CC(CO)C1CO. The molecule has 3 unspecified atom stereocenters. The molecule has 1 fully saturated rings. The van der Waals surface area contributed by atoms with Crippen LogP contribution in [-0.4, -0.2) is 34.5 Å². The largest absolute Gasteiger partial charge is 0.481 e. The lowest BCUT2D eigenvalue weighted by Crippen LogP contribution is -2.45. The Morgan fingerprint density at radius 3 is 2.36 bits per heavy atom. The maximum Gasteiger partial charge on any atom is 0.306 e. The van der Waals surface area contributed by atoms with Gasteiger partial charge in [0.1, 0.15) is 0 Å². The van der Waals surface area contributed by atoms with Crippen LogP contribution in [0.5, 0.6) is 0 Å². The molecule has 3 atom stereocenters. The number of rotatable bonds is 3. The number of aliphatic carboxylic acids is 1. The van der Waals surface area contributed by atoms with Crippen molar-refractivity contribution in [1.29, 1.82) is 0 Å². The highest BCUT2D eigenvalue weighted by molar-refractivity contribution is 5.71. The molecule has 11 heavy (non-hydrogen) atoms. The van der Waals surface area contributed by atoms with Crippen molar-refractivity contribution in [2.45, 2.75) is 6.42 Å². The van der Waals surface area contributed by atoms with Gasteiger partial charge in [0.05, 0.1) is 5.92 Å². The average Bonchev–Trinajstić information content (AvgIpc) is 1.86. The molecule has 0 saturated heterocycles. The second kappa shape index (κ2) is 3.19. The first kappa shape index (κ1) is 8.49. The van der Waals surface area contributed by atoms with Crippen LogP contribution in [0.3, 0.4) is 0 Å². The minimum atomic E-state index is -0.867. The number of carbonyl (C=O) groups is 1. The van der Waals surface area contributed by atoms with Crippen LogP contribution in [0.4, 0.5) is 0 Å². The Kier molecular flexibility index (Phi) is 2.46. The van der Waals surface area contributed by atoms with E-state index in [0.29, 0.717) is 6.42 Å². The first-order valence-corrected chi connectivity index (χ1v) is 3.65. The molecule has 1 rings (SSSR count). The molecule has 1 saturated carbocycles. The Hall–Kier alpha value is -0.610. The van der Waals surface area contributed by atoms with Gasteiger partial charge in [0.15, 0.2) is 0 Å². The summed E-state index contributed by atoms with van der Waals surface area (Å²) in [5, 5.41) is 26.0. The molecule has 4 heteroatoms. The van der Waals surface area contributed by atoms with Gasteiger partial charge in [0.25, 0.3) is 0 Å². The van der Waals surface area contributed by atoms with Crippen molar-refractivity contribution < 1.29 is 20.1 Å². The smallest absolute Gasteiger partial charge is 0.306 e. The van der Waals surface area contributed by atoms with Gasteiger partial charge in [0, 0.05) is 19.1 Å². The van der Waals surface area contributed by atoms with Crippen LogP contribution >= 0.6 is 0 Å². The highest BCUT2D eigenvalue weighted by Gasteiger charge is 2.44. The van der Waals surface area contributed by atoms with Crippen LogP contribution < -0.4 is 0 Å². The Morgan fingerprint density at radius 2 is 2.00 bits per heavy atom. The summed E-state index contributed by atoms with van der Waals surface area (Å²) in [5.41, 5.74) is 0. The summed E-state index contributed by atoms with van der Waals surface area (Å²) in [7, 11) is 0. The van der Waals surface area contributed by atoms with Crippen molar-refractivity contribution in [2.75, 3.05) is 13.2 Å². The van der Waals surface area contributed by atoms with Gasteiger partial charge in [-0.15, -0.1) is 0 Å². The molecule has 0 bridgehead atoms. The summed E-state index contributed by atoms with van der Waals surface area (Å²) < 4.78 is 0. The van der Waals surface area contributed by atoms with Crippen LogP contribution in [0.25, 0.3) is 0 Å². The molecule has 0 aromatic carbocycles. The molecular formula is C7H12O4. The van der Waals surface area contributed by atoms with E-state index in [-0.39, 0.29) is 25.0 Å². The molecule has 0 amide bonds. The Labute approximate surface area is 64.5 Å². The monoisotopic (exact) mass is 160 g/mol. The highest BCUT2D eigenvalue weighted by Crippen LogP contribution is 2.39. The minimum Gasteiger partial charge on any atom is -0.481 e. The number of aliphatic hydroxyl groups excluding tert-OH is 2. The average molecular weight is 160 g/mol. The summed E-state index contributed by atoms with van der Waals surface area (Å²) in [4.78, 5) is 10.4. The van der Waals surface area contributed by atoms with Gasteiger partial charge in [-0.05, 0) is 12.3 Å². The van der Waals surface area contributed by atoms with E-state index >= 15 is 0 Å². The summed E-state index contributed by atoms with van der Waals surface area (Å²) in [5.74, 6) is -1.57. The Morgan fingerprint density at radius 1 is 1.36 bits per heavy atom. The molecule has 3 N–H and O–H groups in total. The molecule has 0 aromatic rings. The maximum atomic E-state index is 10.4. The number of carboxylic acid groups (broad SMARTS) is 1. The van der Waals surface area contributed by atoms with Gasteiger partial charge < -0.3 is 15.3 Å². The van der Waals surface area contributed by atoms with E-state index in [0.717, 1.165) is 0 Å². The van der Waals surface area contributed by atoms with Gasteiger partial charge in [-0.25, -0.2) is 0 Å². The van der Waals surface area contributed by atoms with E-state index in [2.05, 4.69) is 0 Å². The van der Waals surface area contributed by atoms with Gasteiger partial charge in [0.2, 0.25) is 0 Å². The van der Waals surface area contributed by atoms with Crippen molar-refractivity contribution in [3.8, 4) is 0 Å². The molecule has 0 radical (unpaired) electrons. The van der Waals surface area contributed by atoms with Crippen LogP contribution in [0, 0.1) is 17.8 Å². The molecule has 1 aliphatic carbocycles. The fourth-order valence-corrected chi connectivity index (χ4v) is 1.58. The zero-order chi connectivity index (χ0) is 8.43. The third-order valence-electron chi connectivity index (χ3n) is 2.44. The predicted octanol–water partition coefficient (Wildman–Crippen LogP) is -0.692. The normalized spacial score (nSPS) is 36.4. The fourth-order valence-electron chi connectivity index (χ4n) is 1.58. The Bertz CT molecular complexity index is 157. The quantitative estimate of drug-likeness (QED) is 0.510. The number of hydrogen-bond acceptors (Lipinski definition) is 3. The van der Waals surface area contributed by atoms with E-state index in [1.54, 1.807) is 0 Å². The lowest BCUT2D eigenvalue weighted by atomic mass is 9.65. The number of aliphatic hydroxyl groups is 2. The summed E-state index contributed by atoms with van der Waals surface area (Å²) >= 11 is 0. The molecule has 0 spiro atoms. The molecule has 0 aromatic heterocycles. The zero-order valence-electron chi connectivity index (χ0n) is 6.10. The highest BCUT2D eigenvalue weighted by atomic mass is 16.4. The van der Waals surface area contributed by atoms with Crippen LogP contribution in [0.15, 0.2) is 0 Å². The van der Waals surface area contributed by atoms with E-state index in [1.165, 1.54) is 0 Å². The minimum absolute atomic E-state index is 0.0129. The molecule has 0 aliphatic heterocycles. The van der Waals surface area contributed by atoms with Gasteiger partial charge in [-0.3, -0.25) is 4.79 Å². The number of carboxylic acids is 1. The topological polar surface area (TPSA) is 77.8 Å². The van der Waals surface area contributed by atoms with E-state index in [1.807, 2.05) is 0 Å².